The molecule has 0 aliphatic carbocycles. The quantitative estimate of drug-likeness (QED) is 0.767. The van der Waals surface area contributed by atoms with Gasteiger partial charge in [0, 0.05) is 19.2 Å². The van der Waals surface area contributed by atoms with E-state index in [0.29, 0.717) is 18.1 Å². The molecule has 110 valence electrons. The molecule has 0 saturated heterocycles. The minimum atomic E-state index is -0.195. The highest BCUT2D eigenvalue weighted by Gasteiger charge is 2.08. The second kappa shape index (κ2) is 7.99. The molecule has 0 aliphatic rings. The Morgan fingerprint density at radius 1 is 1.19 bits per heavy atom. The van der Waals surface area contributed by atoms with Crippen molar-refractivity contribution in [2.45, 2.75) is 26.3 Å². The molecule has 21 heavy (non-hydrogen) atoms. The predicted octanol–water partition coefficient (Wildman–Crippen LogP) is 2.62. The lowest BCUT2D eigenvalue weighted by Gasteiger charge is -2.07. The largest absolute Gasteiger partial charge is 0.370 e. The fourth-order valence-corrected chi connectivity index (χ4v) is 1.84. The lowest BCUT2D eigenvalue weighted by atomic mass is 10.2. The van der Waals surface area contributed by atoms with Crippen LogP contribution in [0.2, 0.25) is 0 Å². The van der Waals surface area contributed by atoms with Gasteiger partial charge in [-0.25, -0.2) is 9.97 Å². The summed E-state index contributed by atoms with van der Waals surface area (Å²) in [6.07, 6.45) is 3.59. The van der Waals surface area contributed by atoms with Gasteiger partial charge in [0.15, 0.2) is 0 Å². The van der Waals surface area contributed by atoms with Gasteiger partial charge in [-0.15, -0.1) is 0 Å². The predicted molar refractivity (Wildman–Crippen MR) is 83.0 cm³/mol. The van der Waals surface area contributed by atoms with E-state index in [0.717, 1.165) is 24.9 Å². The van der Waals surface area contributed by atoms with E-state index < -0.39 is 0 Å². The number of anilines is 1. The van der Waals surface area contributed by atoms with Gasteiger partial charge in [-0.05, 0) is 12.0 Å². The van der Waals surface area contributed by atoms with Crippen LogP contribution in [0.4, 0.5) is 5.82 Å². The Bertz CT molecular complexity index is 571. The van der Waals surface area contributed by atoms with E-state index >= 15 is 0 Å². The van der Waals surface area contributed by atoms with Crippen LogP contribution in [0.3, 0.4) is 0 Å². The molecule has 1 aromatic heterocycles. The Hall–Kier alpha value is -2.43. The monoisotopic (exact) mass is 284 g/mol. The van der Waals surface area contributed by atoms with Crippen molar-refractivity contribution >= 4 is 11.7 Å². The third-order valence-corrected chi connectivity index (χ3v) is 3.03. The van der Waals surface area contributed by atoms with Gasteiger partial charge in [0.2, 0.25) is 0 Å². The molecule has 0 spiro atoms. The number of carbonyl (C=O) groups excluding carboxylic acids is 1. The second-order valence-corrected chi connectivity index (χ2v) is 4.74. The molecule has 0 bridgehead atoms. The summed E-state index contributed by atoms with van der Waals surface area (Å²) in [5.41, 5.74) is 1.43. The molecule has 0 unspecified atom stereocenters. The summed E-state index contributed by atoms with van der Waals surface area (Å²) in [5.74, 6) is 0.489. The van der Waals surface area contributed by atoms with Crippen molar-refractivity contribution in [3.05, 3.63) is 54.0 Å². The van der Waals surface area contributed by atoms with Gasteiger partial charge in [0.25, 0.3) is 5.91 Å². The average molecular weight is 284 g/mol. The van der Waals surface area contributed by atoms with Gasteiger partial charge >= 0.3 is 0 Å². The summed E-state index contributed by atoms with van der Waals surface area (Å²) in [6.45, 7) is 3.46. The number of nitrogens with one attached hydrogen (secondary N) is 2. The lowest BCUT2D eigenvalue weighted by Crippen LogP contribution is -2.24. The Labute approximate surface area is 124 Å². The number of aromatic nitrogens is 2. The van der Waals surface area contributed by atoms with Crippen LogP contribution < -0.4 is 10.6 Å². The smallest absolute Gasteiger partial charge is 0.270 e. The number of unbranched alkanes of at least 4 members (excludes halogenated alkanes) is 1. The third-order valence-electron chi connectivity index (χ3n) is 3.03. The zero-order chi connectivity index (χ0) is 14.9. The highest BCUT2D eigenvalue weighted by molar-refractivity contribution is 5.92. The molecule has 2 rings (SSSR count). The van der Waals surface area contributed by atoms with Crippen molar-refractivity contribution < 1.29 is 4.79 Å². The first-order valence-corrected chi connectivity index (χ1v) is 7.17. The van der Waals surface area contributed by atoms with Gasteiger partial charge in [0.1, 0.15) is 17.8 Å². The number of rotatable bonds is 7. The topological polar surface area (TPSA) is 66.9 Å². The van der Waals surface area contributed by atoms with Crippen LogP contribution >= 0.6 is 0 Å². The number of hydrogen-bond acceptors (Lipinski definition) is 4. The molecule has 5 heteroatoms. The maximum absolute atomic E-state index is 12.1. The van der Waals surface area contributed by atoms with E-state index in [-0.39, 0.29) is 5.91 Å². The first-order valence-electron chi connectivity index (χ1n) is 7.17. The van der Waals surface area contributed by atoms with Crippen molar-refractivity contribution in [3.8, 4) is 0 Å². The normalized spacial score (nSPS) is 10.1. The van der Waals surface area contributed by atoms with Crippen LogP contribution in [0.15, 0.2) is 42.7 Å². The summed E-state index contributed by atoms with van der Waals surface area (Å²) in [5, 5.41) is 6.04. The molecular formula is C16H20N4O. The summed E-state index contributed by atoms with van der Waals surface area (Å²) >= 11 is 0. The molecule has 1 amide bonds. The maximum Gasteiger partial charge on any atom is 0.270 e. The minimum Gasteiger partial charge on any atom is -0.370 e. The van der Waals surface area contributed by atoms with Crippen LogP contribution in [-0.4, -0.2) is 22.4 Å². The van der Waals surface area contributed by atoms with Crippen molar-refractivity contribution in [2.24, 2.45) is 0 Å². The SMILES string of the molecule is CCCCNc1cc(C(=O)NCc2ccccc2)ncn1. The van der Waals surface area contributed by atoms with Crippen LogP contribution in [0, 0.1) is 0 Å². The number of nitrogens with zero attached hydrogens (tertiary/aromatic N) is 2. The van der Waals surface area contributed by atoms with Crippen LogP contribution in [0.1, 0.15) is 35.8 Å². The number of benzene rings is 1. The molecule has 2 N–H and O–H groups in total. The number of carbonyl (C=O) groups is 1. The first-order chi connectivity index (χ1) is 10.3. The van der Waals surface area contributed by atoms with Crippen LogP contribution in [-0.2, 0) is 6.54 Å². The van der Waals surface area contributed by atoms with Gasteiger partial charge < -0.3 is 10.6 Å². The van der Waals surface area contributed by atoms with E-state index in [1.54, 1.807) is 6.07 Å². The molecule has 0 radical (unpaired) electrons. The van der Waals surface area contributed by atoms with Crippen molar-refractivity contribution in [2.75, 3.05) is 11.9 Å². The first kappa shape index (κ1) is 15.0. The Morgan fingerprint density at radius 3 is 2.76 bits per heavy atom. The molecule has 0 atom stereocenters. The molecule has 1 aromatic carbocycles. The highest BCUT2D eigenvalue weighted by atomic mass is 16.1. The molecule has 2 aromatic rings. The molecular weight excluding hydrogens is 264 g/mol. The fraction of sp³-hybridized carbons (Fsp3) is 0.312. The van der Waals surface area contributed by atoms with Gasteiger partial charge in [0.05, 0.1) is 0 Å². The zero-order valence-corrected chi connectivity index (χ0v) is 12.2. The minimum absolute atomic E-state index is 0.195. The summed E-state index contributed by atoms with van der Waals surface area (Å²) in [7, 11) is 0. The lowest BCUT2D eigenvalue weighted by molar-refractivity contribution is 0.0946. The van der Waals surface area contributed by atoms with Crippen LogP contribution in [0.5, 0.6) is 0 Å². The van der Waals surface area contributed by atoms with E-state index in [1.165, 1.54) is 6.33 Å². The van der Waals surface area contributed by atoms with Gasteiger partial charge in [-0.3, -0.25) is 4.79 Å². The van der Waals surface area contributed by atoms with Crippen molar-refractivity contribution in [3.63, 3.8) is 0 Å². The Morgan fingerprint density at radius 2 is 2.00 bits per heavy atom. The molecule has 1 heterocycles. The van der Waals surface area contributed by atoms with Crippen molar-refractivity contribution in [1.82, 2.24) is 15.3 Å². The van der Waals surface area contributed by atoms with E-state index in [4.69, 9.17) is 0 Å². The Balaban J connectivity index is 1.91. The fourth-order valence-electron chi connectivity index (χ4n) is 1.84. The van der Waals surface area contributed by atoms with Crippen molar-refractivity contribution in [1.29, 1.82) is 0 Å². The van der Waals surface area contributed by atoms with E-state index in [1.807, 2.05) is 30.3 Å². The van der Waals surface area contributed by atoms with E-state index in [2.05, 4.69) is 27.5 Å². The second-order valence-electron chi connectivity index (χ2n) is 4.74. The average Bonchev–Trinajstić information content (AvgIpc) is 2.54. The summed E-state index contributed by atoms with van der Waals surface area (Å²) in [6, 6.07) is 11.5. The highest BCUT2D eigenvalue weighted by Crippen LogP contribution is 2.05. The number of amides is 1. The standard InChI is InChI=1S/C16H20N4O/c1-2-3-9-17-15-10-14(19-12-20-15)16(21)18-11-13-7-5-4-6-8-13/h4-8,10,12H,2-3,9,11H2,1H3,(H,18,21)(H,17,19,20). The molecule has 0 saturated carbocycles. The summed E-state index contributed by atoms with van der Waals surface area (Å²) in [4.78, 5) is 20.2. The molecule has 0 aliphatic heterocycles. The van der Waals surface area contributed by atoms with Gasteiger partial charge in [-0.1, -0.05) is 43.7 Å². The zero-order valence-electron chi connectivity index (χ0n) is 12.2. The van der Waals surface area contributed by atoms with E-state index in [9.17, 15) is 4.79 Å². The summed E-state index contributed by atoms with van der Waals surface area (Å²) < 4.78 is 0. The van der Waals surface area contributed by atoms with Crippen LogP contribution in [0.25, 0.3) is 0 Å². The number of hydrogen-bond donors (Lipinski definition) is 2. The Kier molecular flexibility index (Phi) is 5.70. The third kappa shape index (κ3) is 4.87. The van der Waals surface area contributed by atoms with Gasteiger partial charge in [-0.2, -0.15) is 0 Å². The molecule has 0 fully saturated rings. The molecule has 5 nitrogen and oxygen atoms in total. The maximum atomic E-state index is 12.1.